The highest BCUT2D eigenvalue weighted by Crippen LogP contribution is 2.72. The third kappa shape index (κ3) is 4.92. The zero-order chi connectivity index (χ0) is 24.6. The molecule has 10 nitrogen and oxygen atoms in total. The highest BCUT2D eigenvalue weighted by atomic mass is 31.2. The van der Waals surface area contributed by atoms with Crippen LogP contribution in [0.5, 0.6) is 0 Å². The van der Waals surface area contributed by atoms with Gasteiger partial charge in [-0.1, -0.05) is 0 Å². The smallest absolute Gasteiger partial charge is 0.344 e. The summed E-state index contributed by atoms with van der Waals surface area (Å²) in [7, 11) is -3.92. The lowest BCUT2D eigenvalue weighted by molar-refractivity contribution is -0.163. The van der Waals surface area contributed by atoms with Gasteiger partial charge in [0.25, 0.3) is 5.56 Å². The van der Waals surface area contributed by atoms with Crippen molar-refractivity contribution in [3.63, 3.8) is 0 Å². The Bertz CT molecular complexity index is 1060. The van der Waals surface area contributed by atoms with Crippen LogP contribution in [0, 0.1) is 11.3 Å². The van der Waals surface area contributed by atoms with Crippen molar-refractivity contribution in [3.05, 3.63) is 33.1 Å². The predicted octanol–water partition coefficient (Wildman–Crippen LogP) is 3.37. The van der Waals surface area contributed by atoms with Crippen LogP contribution in [0.1, 0.15) is 67.9 Å². The van der Waals surface area contributed by atoms with Crippen molar-refractivity contribution in [2.24, 2.45) is 11.3 Å². The van der Waals surface area contributed by atoms with Crippen LogP contribution < -0.4 is 11.2 Å². The lowest BCUT2D eigenvalue weighted by atomic mass is 10.0. The van der Waals surface area contributed by atoms with Crippen molar-refractivity contribution in [3.8, 4) is 0 Å². The van der Waals surface area contributed by atoms with Crippen LogP contribution in [-0.2, 0) is 27.6 Å². The quantitative estimate of drug-likeness (QED) is 0.608. The highest BCUT2D eigenvalue weighted by Gasteiger charge is 2.76. The van der Waals surface area contributed by atoms with E-state index in [0.717, 1.165) is 0 Å². The van der Waals surface area contributed by atoms with Crippen LogP contribution in [0.4, 0.5) is 0 Å². The van der Waals surface area contributed by atoms with E-state index in [0.29, 0.717) is 6.42 Å². The van der Waals surface area contributed by atoms with Gasteiger partial charge in [-0.2, -0.15) is 0 Å². The largest absolute Gasteiger partial charge is 0.475 e. The molecule has 5 atom stereocenters. The first kappa shape index (κ1) is 24.8. The molecule has 1 aliphatic heterocycles. The molecule has 2 aliphatic carbocycles. The van der Waals surface area contributed by atoms with E-state index in [1.54, 1.807) is 41.5 Å². The maximum Gasteiger partial charge on any atom is 0.475 e. The van der Waals surface area contributed by atoms with E-state index in [-0.39, 0.29) is 24.7 Å². The molecule has 1 saturated heterocycles. The maximum atomic E-state index is 13.6. The standard InChI is InChI=1S/C22H35N2O8P/c1-19(2,3)31-33(27,32-20(4,5)6)28-12-22-11-13(22)15(16-17(22)30-21(7,8)29-16)24-10-9-14(25)23-18(24)26/h9-10,13,15-17H,11-12H2,1-8H3,(H,23,25,26)/t13-,15?,16?,17?,22+/m1/s1. The minimum Gasteiger partial charge on any atom is -0.344 e. The molecule has 3 aliphatic rings. The molecule has 3 fully saturated rings. The summed E-state index contributed by atoms with van der Waals surface area (Å²) in [5.74, 6) is -0.877. The van der Waals surface area contributed by atoms with E-state index in [1.807, 2.05) is 13.8 Å². The number of aromatic amines is 1. The fraction of sp³-hybridized carbons (Fsp3) is 0.818. The number of H-pyrrole nitrogens is 1. The molecular formula is C22H35N2O8P. The molecule has 1 aromatic heterocycles. The van der Waals surface area contributed by atoms with Crippen LogP contribution in [0.3, 0.4) is 0 Å². The Labute approximate surface area is 193 Å². The molecule has 1 aromatic rings. The van der Waals surface area contributed by atoms with Gasteiger partial charge in [0.2, 0.25) is 0 Å². The topological polar surface area (TPSA) is 118 Å². The van der Waals surface area contributed by atoms with Crippen molar-refractivity contribution in [2.75, 3.05) is 6.61 Å². The van der Waals surface area contributed by atoms with Gasteiger partial charge in [-0.3, -0.25) is 27.9 Å². The van der Waals surface area contributed by atoms with E-state index in [1.165, 1.54) is 16.8 Å². The zero-order valence-electron chi connectivity index (χ0n) is 20.5. The minimum absolute atomic E-state index is 0.0232. The third-order valence-corrected chi connectivity index (χ3v) is 8.05. The Kier molecular flexibility index (Phi) is 5.72. The molecule has 3 unspecified atom stereocenters. The molecule has 186 valence electrons. The number of fused-ring (bicyclic) bond motifs is 3. The normalized spacial score (nSPS) is 33.1. The number of nitrogens with one attached hydrogen (secondary N) is 1. The van der Waals surface area contributed by atoms with Gasteiger partial charge in [0.1, 0.15) is 6.10 Å². The van der Waals surface area contributed by atoms with Crippen molar-refractivity contribution < 1.29 is 27.6 Å². The SMILES string of the molecule is CC(C)(C)OP(=O)(OC[C@@]12C[C@@H]1C(n1ccc(=O)[nH]c1=O)C1OC(C)(C)OC12)OC(C)(C)C. The average molecular weight is 487 g/mol. The minimum atomic E-state index is -3.92. The van der Waals surface area contributed by atoms with Gasteiger partial charge in [-0.15, -0.1) is 0 Å². The molecule has 0 spiro atoms. The number of phosphoric acid groups is 1. The summed E-state index contributed by atoms with van der Waals surface area (Å²) >= 11 is 0. The Morgan fingerprint density at radius 2 is 1.73 bits per heavy atom. The second-order valence-electron chi connectivity index (χ2n) is 11.7. The van der Waals surface area contributed by atoms with Crippen molar-refractivity contribution in [2.45, 2.75) is 97.0 Å². The van der Waals surface area contributed by atoms with Crippen LogP contribution in [0.15, 0.2) is 21.9 Å². The van der Waals surface area contributed by atoms with Gasteiger partial charge in [0, 0.05) is 17.7 Å². The van der Waals surface area contributed by atoms with Crippen molar-refractivity contribution in [1.82, 2.24) is 9.55 Å². The van der Waals surface area contributed by atoms with Gasteiger partial charge < -0.3 is 9.47 Å². The van der Waals surface area contributed by atoms with Crippen LogP contribution in [-0.4, -0.2) is 45.4 Å². The fourth-order valence-corrected chi connectivity index (χ4v) is 6.94. The number of hydrogen-bond acceptors (Lipinski definition) is 8. The second-order valence-corrected chi connectivity index (χ2v) is 13.2. The predicted molar refractivity (Wildman–Crippen MR) is 120 cm³/mol. The molecule has 11 heteroatoms. The van der Waals surface area contributed by atoms with Crippen LogP contribution in [0.2, 0.25) is 0 Å². The molecular weight excluding hydrogens is 451 g/mol. The first-order valence-electron chi connectivity index (χ1n) is 11.3. The summed E-state index contributed by atoms with van der Waals surface area (Å²) in [5, 5.41) is 0. The lowest BCUT2D eigenvalue weighted by Gasteiger charge is -2.32. The van der Waals surface area contributed by atoms with E-state index < -0.39 is 47.6 Å². The Morgan fingerprint density at radius 3 is 2.27 bits per heavy atom. The summed E-state index contributed by atoms with van der Waals surface area (Å²) in [6.07, 6.45) is 1.38. The Morgan fingerprint density at radius 1 is 1.12 bits per heavy atom. The van der Waals surface area contributed by atoms with E-state index in [4.69, 9.17) is 23.0 Å². The fourth-order valence-electron chi connectivity index (χ4n) is 5.05. The first-order chi connectivity index (χ1) is 14.9. The number of phosphoric ester groups is 1. The number of ether oxygens (including phenoxy) is 2. The molecule has 2 heterocycles. The lowest BCUT2D eigenvalue weighted by Crippen LogP contribution is -2.39. The van der Waals surface area contributed by atoms with Gasteiger partial charge in [0.15, 0.2) is 5.79 Å². The number of nitrogens with zero attached hydrogens (tertiary/aromatic N) is 1. The molecule has 4 rings (SSSR count). The van der Waals surface area contributed by atoms with Gasteiger partial charge >= 0.3 is 13.5 Å². The van der Waals surface area contributed by atoms with Gasteiger partial charge in [-0.25, -0.2) is 9.36 Å². The van der Waals surface area contributed by atoms with Crippen LogP contribution in [0.25, 0.3) is 0 Å². The zero-order valence-corrected chi connectivity index (χ0v) is 21.4. The Balaban J connectivity index is 1.63. The number of rotatable bonds is 6. The molecule has 1 N–H and O–H groups in total. The summed E-state index contributed by atoms with van der Waals surface area (Å²) in [6.45, 7) is 14.4. The van der Waals surface area contributed by atoms with Gasteiger partial charge in [0.05, 0.1) is 30.0 Å². The summed E-state index contributed by atoms with van der Waals surface area (Å²) in [6, 6.07) is 0.967. The molecule has 2 saturated carbocycles. The maximum absolute atomic E-state index is 13.6. The van der Waals surface area contributed by atoms with Crippen molar-refractivity contribution in [1.29, 1.82) is 0 Å². The monoisotopic (exact) mass is 486 g/mol. The number of aromatic nitrogens is 2. The molecule has 0 radical (unpaired) electrons. The van der Waals surface area contributed by atoms with E-state index in [2.05, 4.69) is 4.98 Å². The molecule has 0 amide bonds. The number of hydrogen-bond donors (Lipinski definition) is 1. The van der Waals surface area contributed by atoms with E-state index >= 15 is 0 Å². The second kappa shape index (κ2) is 7.60. The Hall–Kier alpha value is -1.29. The third-order valence-electron chi connectivity index (χ3n) is 6.06. The molecule has 0 aromatic carbocycles. The highest BCUT2D eigenvalue weighted by molar-refractivity contribution is 7.48. The van der Waals surface area contributed by atoms with Crippen LogP contribution >= 0.6 is 7.82 Å². The summed E-state index contributed by atoms with van der Waals surface area (Å²) in [5.41, 5.74) is -2.97. The van der Waals surface area contributed by atoms with Crippen molar-refractivity contribution >= 4 is 7.82 Å². The average Bonchev–Trinajstić information content (AvgIpc) is 3.14. The molecule has 33 heavy (non-hydrogen) atoms. The first-order valence-corrected chi connectivity index (χ1v) is 12.7. The summed E-state index contributed by atoms with van der Waals surface area (Å²) in [4.78, 5) is 26.5. The molecule has 0 bridgehead atoms. The van der Waals surface area contributed by atoms with E-state index in [9.17, 15) is 14.2 Å². The summed E-state index contributed by atoms with van der Waals surface area (Å²) < 4.78 is 45.0. The van der Waals surface area contributed by atoms with Gasteiger partial charge in [-0.05, 0) is 67.7 Å².